The van der Waals surface area contributed by atoms with Crippen molar-refractivity contribution in [3.05, 3.63) is 47.0 Å². The number of carbonyl (C=O) groups excluding carboxylic acids is 2. The smallest absolute Gasteiger partial charge is 0.475 e. The average molecular weight is 388 g/mol. The van der Waals surface area contributed by atoms with Crippen LogP contribution in [0.5, 0.6) is 0 Å². The van der Waals surface area contributed by atoms with Gasteiger partial charge in [0.15, 0.2) is 0 Å². The molecule has 3 rings (SSSR count). The Hall–Kier alpha value is -2.75. The number of imide groups is 1. The average Bonchev–Trinajstić information content (AvgIpc) is 2.85. The first-order valence-corrected chi connectivity index (χ1v) is 7.92. The minimum atomic E-state index is -5.08. The zero-order valence-corrected chi connectivity index (χ0v) is 13.9. The van der Waals surface area contributed by atoms with Crippen molar-refractivity contribution < 1.29 is 37.1 Å². The number of hydrogen-bond donors (Lipinski definition) is 2. The third kappa shape index (κ3) is 4.91. The second-order valence-electron chi connectivity index (χ2n) is 5.77. The Labute approximate surface area is 151 Å². The first kappa shape index (κ1) is 20.6. The van der Waals surface area contributed by atoms with Gasteiger partial charge in [-0.15, -0.1) is 0 Å². The van der Waals surface area contributed by atoms with Crippen molar-refractivity contribution in [1.29, 1.82) is 0 Å². The van der Waals surface area contributed by atoms with Crippen LogP contribution in [0.3, 0.4) is 0 Å². The van der Waals surface area contributed by atoms with Gasteiger partial charge in [0.25, 0.3) is 11.8 Å². The zero-order valence-electron chi connectivity index (χ0n) is 13.9. The summed E-state index contributed by atoms with van der Waals surface area (Å²) in [6, 6.07) is 6.75. The van der Waals surface area contributed by atoms with Crippen LogP contribution in [0.1, 0.15) is 27.1 Å². The van der Waals surface area contributed by atoms with Crippen LogP contribution in [0.4, 0.5) is 17.6 Å². The number of carbonyl (C=O) groups is 3. The van der Waals surface area contributed by atoms with Crippen molar-refractivity contribution >= 4 is 17.8 Å². The number of alkyl halides is 4. The van der Waals surface area contributed by atoms with Gasteiger partial charge in [0.05, 0.1) is 11.1 Å². The molecule has 0 radical (unpaired) electrons. The van der Waals surface area contributed by atoms with Crippen LogP contribution >= 0.6 is 0 Å². The lowest BCUT2D eigenvalue weighted by molar-refractivity contribution is -0.192. The van der Waals surface area contributed by atoms with Crippen molar-refractivity contribution in [3.63, 3.8) is 0 Å². The molecule has 2 aliphatic heterocycles. The maximum absolute atomic E-state index is 13.7. The van der Waals surface area contributed by atoms with E-state index in [1.165, 1.54) is 4.90 Å². The standard InChI is InChI=1S/C15H15FN2O2.C2HF3O2/c16-13-9-17-7-5-10(13)6-8-18-14(19)11-3-1-2-4-12(11)15(18)20;3-2(4,5)1(6)7/h1-4,6,13,17H,5,7-9H2;(H,6,7)/b10-6+;. The number of rotatable bonds is 2. The van der Waals surface area contributed by atoms with E-state index < -0.39 is 18.3 Å². The topological polar surface area (TPSA) is 86.7 Å². The van der Waals surface area contributed by atoms with Gasteiger partial charge in [-0.3, -0.25) is 14.5 Å². The Balaban J connectivity index is 0.000000321. The van der Waals surface area contributed by atoms with Gasteiger partial charge in [-0.1, -0.05) is 18.2 Å². The molecule has 10 heteroatoms. The number of nitrogens with one attached hydrogen (secondary N) is 1. The lowest BCUT2D eigenvalue weighted by Crippen LogP contribution is -2.34. The molecule has 2 N–H and O–H groups in total. The highest BCUT2D eigenvalue weighted by molar-refractivity contribution is 6.21. The number of benzene rings is 1. The summed E-state index contributed by atoms with van der Waals surface area (Å²) < 4.78 is 45.4. The number of hydrogen-bond acceptors (Lipinski definition) is 4. The second kappa shape index (κ2) is 8.30. The molecule has 27 heavy (non-hydrogen) atoms. The largest absolute Gasteiger partial charge is 0.490 e. The van der Waals surface area contributed by atoms with Gasteiger partial charge in [0, 0.05) is 13.1 Å². The molecule has 1 atom stereocenters. The molecule has 146 valence electrons. The molecule has 0 aliphatic carbocycles. The summed E-state index contributed by atoms with van der Waals surface area (Å²) in [4.78, 5) is 34.3. The third-order valence-corrected chi connectivity index (χ3v) is 3.97. The molecule has 6 nitrogen and oxygen atoms in total. The van der Waals surface area contributed by atoms with Crippen molar-refractivity contribution in [3.8, 4) is 0 Å². The first-order chi connectivity index (χ1) is 12.6. The molecule has 1 aromatic carbocycles. The van der Waals surface area contributed by atoms with Crippen molar-refractivity contribution in [2.45, 2.75) is 18.8 Å². The molecule has 0 spiro atoms. The third-order valence-electron chi connectivity index (χ3n) is 3.97. The summed E-state index contributed by atoms with van der Waals surface area (Å²) >= 11 is 0. The highest BCUT2D eigenvalue weighted by Crippen LogP contribution is 2.23. The van der Waals surface area contributed by atoms with Crippen LogP contribution in [0.15, 0.2) is 35.9 Å². The van der Waals surface area contributed by atoms with Crippen LogP contribution in [0.2, 0.25) is 0 Å². The summed E-state index contributed by atoms with van der Waals surface area (Å²) in [6.07, 6.45) is -3.82. The van der Waals surface area contributed by atoms with Crippen molar-refractivity contribution in [2.75, 3.05) is 19.6 Å². The second-order valence-corrected chi connectivity index (χ2v) is 5.77. The number of carboxylic acid groups (broad SMARTS) is 1. The first-order valence-electron chi connectivity index (χ1n) is 7.92. The summed E-state index contributed by atoms with van der Waals surface area (Å²) in [5.41, 5.74) is 1.52. The van der Waals surface area contributed by atoms with E-state index in [0.717, 1.165) is 6.54 Å². The minimum absolute atomic E-state index is 0.141. The van der Waals surface area contributed by atoms with Crippen LogP contribution in [-0.4, -0.2) is 59.8 Å². The molecule has 0 saturated carbocycles. The number of piperidine rings is 1. The van der Waals surface area contributed by atoms with Crippen LogP contribution in [-0.2, 0) is 4.79 Å². The highest BCUT2D eigenvalue weighted by Gasteiger charge is 2.38. The molecule has 1 fully saturated rings. The van der Waals surface area contributed by atoms with E-state index in [9.17, 15) is 27.2 Å². The molecule has 0 aromatic heterocycles. The van der Waals surface area contributed by atoms with Gasteiger partial charge < -0.3 is 10.4 Å². The fraction of sp³-hybridized carbons (Fsp3) is 0.353. The number of nitrogens with zero attached hydrogens (tertiary/aromatic N) is 1. The predicted molar refractivity (Wildman–Crippen MR) is 86.0 cm³/mol. The van der Waals surface area contributed by atoms with Crippen molar-refractivity contribution in [2.24, 2.45) is 0 Å². The Morgan fingerprint density at radius 2 is 1.74 bits per heavy atom. The monoisotopic (exact) mass is 388 g/mol. The molecule has 2 heterocycles. The molecular weight excluding hydrogens is 372 g/mol. The number of aliphatic carboxylic acids is 1. The van der Waals surface area contributed by atoms with Gasteiger partial charge in [-0.25, -0.2) is 9.18 Å². The van der Waals surface area contributed by atoms with E-state index in [-0.39, 0.29) is 18.4 Å². The number of carboxylic acids is 1. The zero-order chi connectivity index (χ0) is 20.2. The van der Waals surface area contributed by atoms with E-state index in [0.29, 0.717) is 29.7 Å². The number of amides is 2. The Kier molecular flexibility index (Phi) is 6.32. The van der Waals surface area contributed by atoms with Gasteiger partial charge in [-0.2, -0.15) is 13.2 Å². The molecular formula is C17H16F4N2O4. The van der Waals surface area contributed by atoms with Crippen LogP contribution in [0.25, 0.3) is 0 Å². The number of halogens is 4. The molecule has 1 saturated heterocycles. The fourth-order valence-electron chi connectivity index (χ4n) is 2.59. The normalized spacial score (nSPS) is 21.0. The van der Waals surface area contributed by atoms with E-state index >= 15 is 0 Å². The molecule has 0 bridgehead atoms. The molecule has 2 aliphatic rings. The Morgan fingerprint density at radius 3 is 2.19 bits per heavy atom. The summed E-state index contributed by atoms with van der Waals surface area (Å²) in [5, 5.41) is 10.1. The maximum atomic E-state index is 13.7. The summed E-state index contributed by atoms with van der Waals surface area (Å²) in [6.45, 7) is 1.17. The van der Waals surface area contributed by atoms with Gasteiger partial charge in [-0.05, 0) is 30.7 Å². The lowest BCUT2D eigenvalue weighted by atomic mass is 10.0. The minimum Gasteiger partial charge on any atom is -0.475 e. The predicted octanol–water partition coefficient (Wildman–Crippen LogP) is 2.17. The molecule has 1 aromatic rings. The van der Waals surface area contributed by atoms with E-state index in [2.05, 4.69) is 5.32 Å². The van der Waals surface area contributed by atoms with E-state index in [1.807, 2.05) is 0 Å². The lowest BCUT2D eigenvalue weighted by Gasteiger charge is -2.21. The summed E-state index contributed by atoms with van der Waals surface area (Å²) in [7, 11) is 0. The maximum Gasteiger partial charge on any atom is 0.490 e. The van der Waals surface area contributed by atoms with Gasteiger partial charge in [0.2, 0.25) is 0 Å². The quantitative estimate of drug-likeness (QED) is 0.461. The van der Waals surface area contributed by atoms with E-state index in [1.54, 1.807) is 30.3 Å². The SMILES string of the molecule is O=C(O)C(F)(F)F.O=C1c2ccccc2C(=O)N1C/C=C1\CCNCC1F. The number of fused-ring (bicyclic) bond motifs is 1. The Bertz CT molecular complexity index is 741. The van der Waals surface area contributed by atoms with Gasteiger partial charge in [0.1, 0.15) is 6.17 Å². The van der Waals surface area contributed by atoms with Crippen LogP contribution in [0, 0.1) is 0 Å². The van der Waals surface area contributed by atoms with E-state index in [4.69, 9.17) is 9.90 Å². The summed E-state index contributed by atoms with van der Waals surface area (Å²) in [5.74, 6) is -3.36. The van der Waals surface area contributed by atoms with Gasteiger partial charge >= 0.3 is 12.1 Å². The molecule has 1 unspecified atom stereocenters. The van der Waals surface area contributed by atoms with Crippen molar-refractivity contribution in [1.82, 2.24) is 10.2 Å². The van der Waals surface area contributed by atoms with Crippen LogP contribution < -0.4 is 5.32 Å². The highest BCUT2D eigenvalue weighted by atomic mass is 19.4. The Morgan fingerprint density at radius 1 is 1.22 bits per heavy atom. The molecule has 2 amide bonds. The fourth-order valence-corrected chi connectivity index (χ4v) is 2.59.